The topological polar surface area (TPSA) is 50.2 Å². The minimum atomic E-state index is -0.747. The first-order chi connectivity index (χ1) is 9.11. The van der Waals surface area contributed by atoms with Crippen molar-refractivity contribution in [2.75, 3.05) is 0 Å². The third kappa shape index (κ3) is 2.92. The van der Waals surface area contributed by atoms with Crippen LogP contribution in [0.5, 0.6) is 0 Å². The largest absolute Gasteiger partial charge is 0.480 e. The Bertz CT molecular complexity index is 549. The van der Waals surface area contributed by atoms with E-state index in [1.807, 2.05) is 38.1 Å². The standard InChI is InChI=1S/C14H17NO2S2/c1-3-9-14(4-2,12(16)17)19-13-15-10-7-5-6-8-11(10)18-13/h5-8H,3-4,9H2,1-2H3,(H,16,17). The summed E-state index contributed by atoms with van der Waals surface area (Å²) in [6, 6.07) is 7.91. The van der Waals surface area contributed by atoms with Crippen LogP contribution >= 0.6 is 23.1 Å². The summed E-state index contributed by atoms with van der Waals surface area (Å²) < 4.78 is 1.21. The van der Waals surface area contributed by atoms with E-state index >= 15 is 0 Å². The van der Waals surface area contributed by atoms with Gasteiger partial charge >= 0.3 is 5.97 Å². The highest BCUT2D eigenvalue weighted by Gasteiger charge is 2.38. The maximum atomic E-state index is 11.6. The molecule has 1 atom stereocenters. The first kappa shape index (κ1) is 14.3. The number of aliphatic carboxylic acids is 1. The lowest BCUT2D eigenvalue weighted by Crippen LogP contribution is -2.34. The van der Waals surface area contributed by atoms with Gasteiger partial charge in [0.05, 0.1) is 10.2 Å². The van der Waals surface area contributed by atoms with Gasteiger partial charge in [0.15, 0.2) is 4.34 Å². The number of nitrogens with zero attached hydrogens (tertiary/aromatic N) is 1. The van der Waals surface area contributed by atoms with Crippen LogP contribution in [0.2, 0.25) is 0 Å². The molecule has 2 rings (SSSR count). The lowest BCUT2D eigenvalue weighted by Gasteiger charge is -2.25. The predicted octanol–water partition coefficient (Wildman–Crippen LogP) is 4.42. The number of benzene rings is 1. The number of para-hydroxylation sites is 1. The van der Waals surface area contributed by atoms with Crippen molar-refractivity contribution in [2.24, 2.45) is 0 Å². The molecule has 0 saturated heterocycles. The highest BCUT2D eigenvalue weighted by atomic mass is 32.2. The summed E-state index contributed by atoms with van der Waals surface area (Å²) in [4.78, 5) is 16.1. The van der Waals surface area contributed by atoms with Crippen LogP contribution in [-0.4, -0.2) is 20.8 Å². The maximum absolute atomic E-state index is 11.6. The fraction of sp³-hybridized carbons (Fsp3) is 0.429. The van der Waals surface area contributed by atoms with Crippen molar-refractivity contribution in [1.29, 1.82) is 0 Å². The zero-order chi connectivity index (χ0) is 13.9. The summed E-state index contributed by atoms with van der Waals surface area (Å²) >= 11 is 2.97. The molecule has 19 heavy (non-hydrogen) atoms. The van der Waals surface area contributed by atoms with Crippen LogP contribution in [-0.2, 0) is 4.79 Å². The van der Waals surface area contributed by atoms with E-state index < -0.39 is 10.7 Å². The highest BCUT2D eigenvalue weighted by molar-refractivity contribution is 8.03. The van der Waals surface area contributed by atoms with Crippen LogP contribution in [0.25, 0.3) is 10.2 Å². The molecule has 0 fully saturated rings. The van der Waals surface area contributed by atoms with Gasteiger partial charge in [-0.25, -0.2) is 4.98 Å². The third-order valence-electron chi connectivity index (χ3n) is 3.17. The number of hydrogen-bond donors (Lipinski definition) is 1. The number of fused-ring (bicyclic) bond motifs is 1. The van der Waals surface area contributed by atoms with Crippen LogP contribution in [0, 0.1) is 0 Å². The first-order valence-corrected chi connectivity index (χ1v) is 8.02. The molecule has 0 radical (unpaired) electrons. The fourth-order valence-electron chi connectivity index (χ4n) is 2.07. The zero-order valence-electron chi connectivity index (χ0n) is 11.0. The second-order valence-electron chi connectivity index (χ2n) is 4.45. The third-order valence-corrected chi connectivity index (χ3v) is 5.83. The van der Waals surface area contributed by atoms with Crippen LogP contribution in [0.4, 0.5) is 0 Å². The Kier molecular flexibility index (Phi) is 4.47. The molecule has 3 nitrogen and oxygen atoms in total. The van der Waals surface area contributed by atoms with Crippen molar-refractivity contribution >= 4 is 39.3 Å². The van der Waals surface area contributed by atoms with Crippen molar-refractivity contribution in [1.82, 2.24) is 4.98 Å². The van der Waals surface area contributed by atoms with E-state index in [-0.39, 0.29) is 0 Å². The van der Waals surface area contributed by atoms with Gasteiger partial charge < -0.3 is 5.11 Å². The lowest BCUT2D eigenvalue weighted by molar-refractivity contribution is -0.140. The molecule has 0 aliphatic carbocycles. The SMILES string of the molecule is CCCC(CC)(Sc1nc2ccccc2s1)C(=O)O. The van der Waals surface area contributed by atoms with Crippen molar-refractivity contribution in [3.8, 4) is 0 Å². The maximum Gasteiger partial charge on any atom is 0.320 e. The molecule has 0 spiro atoms. The molecule has 1 aromatic carbocycles. The van der Waals surface area contributed by atoms with Crippen molar-refractivity contribution in [2.45, 2.75) is 42.2 Å². The average molecular weight is 295 g/mol. The Morgan fingerprint density at radius 1 is 1.42 bits per heavy atom. The van der Waals surface area contributed by atoms with Gasteiger partial charge in [0.25, 0.3) is 0 Å². The molecule has 1 heterocycles. The summed E-state index contributed by atoms with van der Waals surface area (Å²) in [7, 11) is 0. The smallest absolute Gasteiger partial charge is 0.320 e. The second-order valence-corrected chi connectivity index (χ2v) is 7.11. The van der Waals surface area contributed by atoms with E-state index in [9.17, 15) is 9.90 Å². The molecule has 0 bridgehead atoms. The zero-order valence-corrected chi connectivity index (χ0v) is 12.7. The van der Waals surface area contributed by atoms with Gasteiger partial charge in [0, 0.05) is 0 Å². The number of thiazole rings is 1. The number of carboxylic acid groups (broad SMARTS) is 1. The van der Waals surface area contributed by atoms with Gasteiger partial charge in [0.1, 0.15) is 4.75 Å². The van der Waals surface area contributed by atoms with Crippen LogP contribution in [0.15, 0.2) is 28.6 Å². The molecule has 1 aromatic heterocycles. The molecular formula is C14H17NO2S2. The lowest BCUT2D eigenvalue weighted by atomic mass is 10.00. The van der Waals surface area contributed by atoms with Gasteiger partial charge in [-0.05, 0) is 25.0 Å². The van der Waals surface area contributed by atoms with Crippen LogP contribution in [0.3, 0.4) is 0 Å². The van der Waals surface area contributed by atoms with Crippen molar-refractivity contribution < 1.29 is 9.90 Å². The van der Waals surface area contributed by atoms with Gasteiger partial charge in [0.2, 0.25) is 0 Å². The van der Waals surface area contributed by atoms with Gasteiger partial charge in [-0.3, -0.25) is 4.79 Å². The fourth-order valence-corrected chi connectivity index (χ4v) is 4.70. The molecule has 2 aromatic rings. The van der Waals surface area contributed by atoms with E-state index in [0.717, 1.165) is 21.0 Å². The number of rotatable bonds is 6. The number of carbonyl (C=O) groups is 1. The Morgan fingerprint density at radius 2 is 2.16 bits per heavy atom. The first-order valence-electron chi connectivity index (χ1n) is 6.39. The van der Waals surface area contributed by atoms with Crippen LogP contribution < -0.4 is 0 Å². The molecular weight excluding hydrogens is 278 g/mol. The number of thioether (sulfide) groups is 1. The Labute approximate surface area is 121 Å². The normalized spacial score (nSPS) is 14.4. The van der Waals surface area contributed by atoms with E-state index in [2.05, 4.69) is 4.98 Å². The molecule has 0 saturated carbocycles. The molecule has 0 amide bonds. The van der Waals surface area contributed by atoms with Crippen molar-refractivity contribution in [3.63, 3.8) is 0 Å². The minimum Gasteiger partial charge on any atom is -0.480 e. The van der Waals surface area contributed by atoms with Gasteiger partial charge in [-0.15, -0.1) is 11.3 Å². The average Bonchev–Trinajstić information content (AvgIpc) is 2.79. The molecule has 5 heteroatoms. The Hall–Kier alpha value is -1.07. The van der Waals surface area contributed by atoms with Crippen molar-refractivity contribution in [3.05, 3.63) is 24.3 Å². The number of carboxylic acids is 1. The monoisotopic (exact) mass is 295 g/mol. The highest BCUT2D eigenvalue weighted by Crippen LogP contribution is 2.42. The molecule has 0 aliphatic heterocycles. The molecule has 1 N–H and O–H groups in total. The molecule has 0 aliphatic rings. The van der Waals surface area contributed by atoms with E-state index in [1.54, 1.807) is 11.3 Å². The summed E-state index contributed by atoms with van der Waals surface area (Å²) in [5.41, 5.74) is 0.946. The Balaban J connectivity index is 2.32. The van der Waals surface area contributed by atoms with Gasteiger partial charge in [-0.1, -0.05) is 44.2 Å². The second kappa shape index (κ2) is 5.92. The molecule has 102 valence electrons. The predicted molar refractivity (Wildman–Crippen MR) is 81.0 cm³/mol. The van der Waals surface area contributed by atoms with E-state index in [1.165, 1.54) is 11.8 Å². The van der Waals surface area contributed by atoms with Gasteiger partial charge in [-0.2, -0.15) is 0 Å². The van der Waals surface area contributed by atoms with E-state index in [0.29, 0.717) is 12.8 Å². The quantitative estimate of drug-likeness (QED) is 0.801. The summed E-state index contributed by atoms with van der Waals surface area (Å²) in [5.74, 6) is -0.735. The Morgan fingerprint density at radius 3 is 2.74 bits per heavy atom. The number of hydrogen-bond acceptors (Lipinski definition) is 4. The number of aromatic nitrogens is 1. The van der Waals surface area contributed by atoms with Crippen LogP contribution in [0.1, 0.15) is 33.1 Å². The minimum absolute atomic E-state index is 0.608. The van der Waals surface area contributed by atoms with E-state index in [4.69, 9.17) is 0 Å². The molecule has 1 unspecified atom stereocenters. The summed E-state index contributed by atoms with van der Waals surface area (Å²) in [6.07, 6.45) is 2.13. The summed E-state index contributed by atoms with van der Waals surface area (Å²) in [6.45, 7) is 3.95. The summed E-state index contributed by atoms with van der Waals surface area (Å²) in [5, 5.41) is 9.55.